The summed E-state index contributed by atoms with van der Waals surface area (Å²) in [5.41, 5.74) is 0.826. The molecule has 0 saturated carbocycles. The Hall–Kier alpha value is -2.54. The van der Waals surface area contributed by atoms with Crippen LogP contribution in [0.1, 0.15) is 10.7 Å². The summed E-state index contributed by atoms with van der Waals surface area (Å²) in [6, 6.07) is 13.3. The fourth-order valence-corrected chi connectivity index (χ4v) is 2.51. The molecule has 0 amide bonds. The summed E-state index contributed by atoms with van der Waals surface area (Å²) >= 11 is 1.53. The molecule has 0 aliphatic rings. The first-order valence-electron chi connectivity index (χ1n) is 6.33. The second-order valence-electron chi connectivity index (χ2n) is 4.26. The van der Waals surface area contributed by atoms with Crippen LogP contribution in [-0.4, -0.2) is 26.2 Å². The van der Waals surface area contributed by atoms with Gasteiger partial charge in [-0.05, 0) is 34.0 Å². The average Bonchev–Trinajstić information content (AvgIpc) is 3.17. The van der Waals surface area contributed by atoms with E-state index in [9.17, 15) is 4.79 Å². The van der Waals surface area contributed by atoms with Crippen molar-refractivity contribution in [1.29, 1.82) is 0 Å². The Morgan fingerprint density at radius 3 is 2.81 bits per heavy atom. The number of thiophene rings is 1. The van der Waals surface area contributed by atoms with Crippen LogP contribution in [0.25, 0.3) is 5.69 Å². The molecule has 2 aromatic heterocycles. The van der Waals surface area contributed by atoms with E-state index in [1.54, 1.807) is 4.68 Å². The van der Waals surface area contributed by atoms with Crippen molar-refractivity contribution in [2.45, 2.75) is 13.0 Å². The maximum Gasteiger partial charge on any atom is 0.311 e. The van der Waals surface area contributed by atoms with Crippen molar-refractivity contribution in [3.63, 3.8) is 0 Å². The smallest absolute Gasteiger partial charge is 0.311 e. The summed E-state index contributed by atoms with van der Waals surface area (Å²) < 4.78 is 6.78. The van der Waals surface area contributed by atoms with Crippen LogP contribution in [0.2, 0.25) is 0 Å². The van der Waals surface area contributed by atoms with Crippen LogP contribution in [0.15, 0.2) is 47.8 Å². The molecule has 21 heavy (non-hydrogen) atoms. The van der Waals surface area contributed by atoms with Gasteiger partial charge in [0.05, 0.1) is 12.1 Å². The predicted octanol–water partition coefficient (Wildman–Crippen LogP) is 2.01. The maximum atomic E-state index is 11.8. The van der Waals surface area contributed by atoms with E-state index in [2.05, 4.69) is 15.5 Å². The zero-order chi connectivity index (χ0) is 14.5. The summed E-state index contributed by atoms with van der Waals surface area (Å²) in [4.78, 5) is 12.7. The number of aromatic nitrogens is 4. The van der Waals surface area contributed by atoms with Crippen molar-refractivity contribution < 1.29 is 9.53 Å². The maximum absolute atomic E-state index is 11.8. The van der Waals surface area contributed by atoms with E-state index >= 15 is 0 Å². The van der Waals surface area contributed by atoms with Gasteiger partial charge in [0.25, 0.3) is 0 Å². The molecule has 0 unspecified atom stereocenters. The fourth-order valence-electron chi connectivity index (χ4n) is 1.82. The number of para-hydroxylation sites is 1. The predicted molar refractivity (Wildman–Crippen MR) is 77.0 cm³/mol. The molecule has 0 atom stereocenters. The third-order valence-electron chi connectivity index (χ3n) is 2.80. The first-order chi connectivity index (χ1) is 10.3. The number of ether oxygens (including phenoxy) is 1. The number of hydrogen-bond donors (Lipinski definition) is 0. The van der Waals surface area contributed by atoms with Crippen LogP contribution in [0.5, 0.6) is 0 Å². The van der Waals surface area contributed by atoms with Gasteiger partial charge in [0.1, 0.15) is 0 Å². The zero-order valence-electron chi connectivity index (χ0n) is 11.0. The fraction of sp³-hybridized carbons (Fsp3) is 0.143. The van der Waals surface area contributed by atoms with Crippen LogP contribution in [0.4, 0.5) is 0 Å². The number of rotatable bonds is 5. The Bertz CT molecular complexity index is 710. The lowest BCUT2D eigenvalue weighted by Crippen LogP contribution is -2.11. The Labute approximate surface area is 125 Å². The van der Waals surface area contributed by atoms with E-state index < -0.39 is 0 Å². The van der Waals surface area contributed by atoms with Crippen LogP contribution in [0, 0.1) is 0 Å². The minimum absolute atomic E-state index is 0.0477. The van der Waals surface area contributed by atoms with E-state index in [0.717, 1.165) is 10.6 Å². The number of esters is 1. The molecule has 2 heterocycles. The van der Waals surface area contributed by atoms with Crippen molar-refractivity contribution >= 4 is 17.3 Å². The monoisotopic (exact) mass is 300 g/mol. The topological polar surface area (TPSA) is 69.9 Å². The van der Waals surface area contributed by atoms with Crippen LogP contribution in [-0.2, 0) is 22.6 Å². The lowest BCUT2D eigenvalue weighted by Gasteiger charge is -2.05. The highest BCUT2D eigenvalue weighted by atomic mass is 32.1. The number of benzene rings is 1. The SMILES string of the molecule is O=C(Cc1cccs1)OCc1nnnn1-c1ccccc1. The van der Waals surface area contributed by atoms with Crippen molar-refractivity contribution in [3.05, 3.63) is 58.5 Å². The van der Waals surface area contributed by atoms with Crippen molar-refractivity contribution in [1.82, 2.24) is 20.2 Å². The molecule has 0 aliphatic carbocycles. The van der Waals surface area contributed by atoms with Gasteiger partial charge in [-0.25, -0.2) is 0 Å². The Kier molecular flexibility index (Phi) is 4.02. The van der Waals surface area contributed by atoms with Crippen molar-refractivity contribution in [2.24, 2.45) is 0 Å². The minimum Gasteiger partial charge on any atom is -0.457 e. The third-order valence-corrected chi connectivity index (χ3v) is 3.67. The van der Waals surface area contributed by atoms with Crippen LogP contribution in [0.3, 0.4) is 0 Å². The van der Waals surface area contributed by atoms with Gasteiger partial charge in [0, 0.05) is 4.88 Å². The van der Waals surface area contributed by atoms with Crippen LogP contribution >= 0.6 is 11.3 Å². The normalized spacial score (nSPS) is 10.5. The molecule has 106 valence electrons. The van der Waals surface area contributed by atoms with E-state index in [-0.39, 0.29) is 19.0 Å². The Morgan fingerprint density at radius 1 is 1.19 bits per heavy atom. The molecular formula is C14H12N4O2S. The molecule has 0 saturated heterocycles. The van der Waals surface area contributed by atoms with Gasteiger partial charge < -0.3 is 4.74 Å². The second-order valence-corrected chi connectivity index (χ2v) is 5.29. The third kappa shape index (κ3) is 3.32. The molecular weight excluding hydrogens is 288 g/mol. The Morgan fingerprint density at radius 2 is 2.05 bits per heavy atom. The van der Waals surface area contributed by atoms with Gasteiger partial charge in [-0.1, -0.05) is 24.3 Å². The number of carbonyl (C=O) groups excluding carboxylic acids is 1. The van der Waals surface area contributed by atoms with Gasteiger partial charge in [-0.15, -0.1) is 16.4 Å². The average molecular weight is 300 g/mol. The molecule has 7 heteroatoms. The molecule has 0 bridgehead atoms. The van der Waals surface area contributed by atoms with Gasteiger partial charge >= 0.3 is 5.97 Å². The lowest BCUT2D eigenvalue weighted by atomic mass is 10.3. The molecule has 0 aliphatic heterocycles. The zero-order valence-corrected chi connectivity index (χ0v) is 11.9. The minimum atomic E-state index is -0.292. The highest BCUT2D eigenvalue weighted by Crippen LogP contribution is 2.11. The standard InChI is InChI=1S/C14H12N4O2S/c19-14(9-12-7-4-8-21-12)20-10-13-15-16-17-18(13)11-5-2-1-3-6-11/h1-8H,9-10H2. The van der Waals surface area contributed by atoms with E-state index in [4.69, 9.17) is 4.74 Å². The van der Waals surface area contributed by atoms with Crippen molar-refractivity contribution in [3.8, 4) is 5.69 Å². The van der Waals surface area contributed by atoms with Gasteiger partial charge in [0.2, 0.25) is 0 Å². The second kappa shape index (κ2) is 6.27. The number of tetrazole rings is 1. The molecule has 0 N–H and O–H groups in total. The summed E-state index contributed by atoms with van der Waals surface area (Å²) in [7, 11) is 0. The van der Waals surface area contributed by atoms with Gasteiger partial charge in [-0.3, -0.25) is 4.79 Å². The molecule has 3 aromatic rings. The summed E-state index contributed by atoms with van der Waals surface area (Å²) in [6.45, 7) is 0.0477. The highest BCUT2D eigenvalue weighted by molar-refractivity contribution is 7.10. The molecule has 3 rings (SSSR count). The Balaban J connectivity index is 1.64. The largest absolute Gasteiger partial charge is 0.457 e. The molecule has 0 fully saturated rings. The molecule has 6 nitrogen and oxygen atoms in total. The number of carbonyl (C=O) groups is 1. The quantitative estimate of drug-likeness (QED) is 0.674. The van der Waals surface area contributed by atoms with E-state index in [1.165, 1.54) is 11.3 Å². The van der Waals surface area contributed by atoms with Gasteiger partial charge in [-0.2, -0.15) is 4.68 Å². The first kappa shape index (κ1) is 13.4. The first-order valence-corrected chi connectivity index (χ1v) is 7.21. The summed E-state index contributed by atoms with van der Waals surface area (Å²) in [5.74, 6) is 0.195. The number of hydrogen-bond acceptors (Lipinski definition) is 6. The van der Waals surface area contributed by atoms with Crippen LogP contribution < -0.4 is 0 Å². The van der Waals surface area contributed by atoms with E-state index in [0.29, 0.717) is 5.82 Å². The van der Waals surface area contributed by atoms with Crippen molar-refractivity contribution in [2.75, 3.05) is 0 Å². The van der Waals surface area contributed by atoms with E-state index in [1.807, 2.05) is 47.8 Å². The summed E-state index contributed by atoms with van der Waals surface area (Å²) in [5, 5.41) is 13.4. The highest BCUT2D eigenvalue weighted by Gasteiger charge is 2.11. The molecule has 0 radical (unpaired) electrons. The van der Waals surface area contributed by atoms with Gasteiger partial charge in [0.15, 0.2) is 12.4 Å². The lowest BCUT2D eigenvalue weighted by molar-refractivity contribution is -0.144. The summed E-state index contributed by atoms with van der Waals surface area (Å²) in [6.07, 6.45) is 0.268. The number of nitrogens with zero attached hydrogens (tertiary/aromatic N) is 4. The molecule has 1 aromatic carbocycles. The molecule has 0 spiro atoms.